The Kier molecular flexibility index (Phi) is 4.43. The summed E-state index contributed by atoms with van der Waals surface area (Å²) in [5.41, 5.74) is 0. The molecule has 1 fully saturated rings. The molecule has 0 aromatic rings. The molecule has 0 radical (unpaired) electrons. The van der Waals surface area contributed by atoms with Gasteiger partial charge in [-0.15, -0.1) is 0 Å². The highest BCUT2D eigenvalue weighted by Gasteiger charge is 2.52. The molecule has 6 heteroatoms. The lowest BCUT2D eigenvalue weighted by atomic mass is 9.92. The number of allylic oxidation sites excluding steroid dienone is 1. The third-order valence-electron chi connectivity index (χ3n) is 2.67. The molecule has 94 valence electrons. The summed E-state index contributed by atoms with van der Waals surface area (Å²) in [5, 5.41) is 38.9. The average molecular weight is 234 g/mol. The predicted octanol–water partition coefficient (Wildman–Crippen LogP) is -1.62. The first kappa shape index (κ1) is 13.6. The van der Waals surface area contributed by atoms with Crippen LogP contribution in [0.2, 0.25) is 0 Å². The van der Waals surface area contributed by atoms with Gasteiger partial charge in [-0.25, -0.2) is 0 Å². The van der Waals surface area contributed by atoms with Gasteiger partial charge in [0, 0.05) is 7.11 Å². The first-order valence-electron chi connectivity index (χ1n) is 5.03. The summed E-state index contributed by atoms with van der Waals surface area (Å²) in [6.07, 6.45) is -2.17. The second-order valence-electron chi connectivity index (χ2n) is 3.75. The Morgan fingerprint density at radius 1 is 1.50 bits per heavy atom. The maximum absolute atomic E-state index is 9.99. The van der Waals surface area contributed by atoms with Gasteiger partial charge in [0.05, 0.1) is 6.61 Å². The first-order chi connectivity index (χ1) is 7.47. The molecule has 1 saturated heterocycles. The van der Waals surface area contributed by atoms with E-state index < -0.39 is 30.2 Å². The number of hydrogen-bond donors (Lipinski definition) is 4. The summed E-state index contributed by atoms with van der Waals surface area (Å²) in [6.45, 7) is 1.44. The fourth-order valence-corrected chi connectivity index (χ4v) is 1.71. The Morgan fingerprint density at radius 3 is 2.62 bits per heavy atom. The summed E-state index contributed by atoms with van der Waals surface area (Å²) in [4.78, 5) is 0. The molecule has 1 rings (SSSR count). The maximum atomic E-state index is 9.99. The highest BCUT2D eigenvalue weighted by atomic mass is 16.7. The Hall–Kier alpha value is -0.500. The van der Waals surface area contributed by atoms with E-state index in [2.05, 4.69) is 0 Å². The Morgan fingerprint density at radius 2 is 2.12 bits per heavy atom. The van der Waals surface area contributed by atoms with Crippen molar-refractivity contribution in [1.29, 1.82) is 0 Å². The molecule has 1 aliphatic heterocycles. The van der Waals surface area contributed by atoms with E-state index in [1.165, 1.54) is 19.3 Å². The van der Waals surface area contributed by atoms with Crippen LogP contribution >= 0.6 is 0 Å². The minimum absolute atomic E-state index is 0.222. The van der Waals surface area contributed by atoms with E-state index in [0.717, 1.165) is 0 Å². The third-order valence-corrected chi connectivity index (χ3v) is 2.67. The smallest absolute Gasteiger partial charge is 0.225 e. The normalized spacial score (nSPS) is 42.5. The van der Waals surface area contributed by atoms with E-state index in [4.69, 9.17) is 9.47 Å². The van der Waals surface area contributed by atoms with Crippen LogP contribution in [0.3, 0.4) is 0 Å². The molecule has 0 amide bonds. The van der Waals surface area contributed by atoms with Gasteiger partial charge in [0.25, 0.3) is 0 Å². The van der Waals surface area contributed by atoms with Crippen molar-refractivity contribution in [2.45, 2.75) is 37.1 Å². The Bertz CT molecular complexity index is 256. The summed E-state index contributed by atoms with van der Waals surface area (Å²) in [6, 6.07) is 0. The lowest BCUT2D eigenvalue weighted by Crippen LogP contribution is -2.65. The van der Waals surface area contributed by atoms with Gasteiger partial charge < -0.3 is 29.9 Å². The second kappa shape index (κ2) is 5.22. The van der Waals surface area contributed by atoms with Crippen LogP contribution in [0, 0.1) is 0 Å². The van der Waals surface area contributed by atoms with Crippen LogP contribution < -0.4 is 0 Å². The van der Waals surface area contributed by atoms with Gasteiger partial charge in [-0.3, -0.25) is 0 Å². The van der Waals surface area contributed by atoms with Gasteiger partial charge in [-0.2, -0.15) is 0 Å². The second-order valence-corrected chi connectivity index (χ2v) is 3.75. The Labute approximate surface area is 93.7 Å². The van der Waals surface area contributed by atoms with E-state index in [-0.39, 0.29) is 6.61 Å². The first-order valence-corrected chi connectivity index (χ1v) is 5.03. The van der Waals surface area contributed by atoms with Gasteiger partial charge in [0.2, 0.25) is 5.79 Å². The van der Waals surface area contributed by atoms with Crippen molar-refractivity contribution < 1.29 is 29.9 Å². The fourth-order valence-electron chi connectivity index (χ4n) is 1.71. The molecule has 0 aromatic heterocycles. The minimum atomic E-state index is -2.16. The zero-order chi connectivity index (χ0) is 12.3. The van der Waals surface area contributed by atoms with Crippen LogP contribution in [0.25, 0.3) is 0 Å². The predicted molar refractivity (Wildman–Crippen MR) is 54.5 cm³/mol. The van der Waals surface area contributed by atoms with Crippen LogP contribution in [0.4, 0.5) is 0 Å². The van der Waals surface area contributed by atoms with Gasteiger partial charge in [-0.1, -0.05) is 12.2 Å². The number of hydrogen-bond acceptors (Lipinski definition) is 6. The molecular weight excluding hydrogens is 216 g/mol. The zero-order valence-electron chi connectivity index (χ0n) is 9.28. The van der Waals surface area contributed by atoms with Crippen molar-refractivity contribution >= 4 is 0 Å². The molecule has 1 aliphatic rings. The maximum Gasteiger partial charge on any atom is 0.225 e. The zero-order valence-corrected chi connectivity index (χ0v) is 9.28. The molecule has 0 aromatic carbocycles. The van der Waals surface area contributed by atoms with Crippen LogP contribution in [-0.4, -0.2) is 64.3 Å². The Balaban J connectivity index is 2.88. The summed E-state index contributed by atoms with van der Waals surface area (Å²) < 4.78 is 9.77. The van der Waals surface area contributed by atoms with Crippen LogP contribution in [0.15, 0.2) is 12.2 Å². The number of methoxy groups -OCH3 is 1. The lowest BCUT2D eigenvalue weighted by molar-refractivity contribution is -0.346. The molecule has 1 unspecified atom stereocenters. The van der Waals surface area contributed by atoms with Gasteiger partial charge >= 0.3 is 0 Å². The number of aliphatic hydroxyl groups excluding tert-OH is 3. The van der Waals surface area contributed by atoms with Crippen LogP contribution in [0.1, 0.15) is 6.92 Å². The SMILES string of the molecule is CC=CC(O)[C@@]1(O)OC[C@@H](O)[C@@H](OC)[C@H]1O. The average Bonchev–Trinajstić information content (AvgIpc) is 2.25. The highest BCUT2D eigenvalue weighted by Crippen LogP contribution is 2.29. The topological polar surface area (TPSA) is 99.4 Å². The lowest BCUT2D eigenvalue weighted by Gasteiger charge is -2.44. The fraction of sp³-hybridized carbons (Fsp3) is 0.800. The third kappa shape index (κ3) is 2.27. The molecule has 5 atom stereocenters. The molecule has 16 heavy (non-hydrogen) atoms. The van der Waals surface area contributed by atoms with Gasteiger partial charge in [0.15, 0.2) is 0 Å². The van der Waals surface area contributed by atoms with Crippen molar-refractivity contribution in [2.24, 2.45) is 0 Å². The van der Waals surface area contributed by atoms with Crippen molar-refractivity contribution in [3.05, 3.63) is 12.2 Å². The monoisotopic (exact) mass is 234 g/mol. The quantitative estimate of drug-likeness (QED) is 0.438. The van der Waals surface area contributed by atoms with E-state index in [1.54, 1.807) is 6.92 Å². The molecular formula is C10H18O6. The van der Waals surface area contributed by atoms with Crippen molar-refractivity contribution in [1.82, 2.24) is 0 Å². The van der Waals surface area contributed by atoms with E-state index in [0.29, 0.717) is 0 Å². The van der Waals surface area contributed by atoms with E-state index in [1.807, 2.05) is 0 Å². The minimum Gasteiger partial charge on any atom is -0.388 e. The van der Waals surface area contributed by atoms with Crippen molar-refractivity contribution in [3.63, 3.8) is 0 Å². The van der Waals surface area contributed by atoms with E-state index >= 15 is 0 Å². The molecule has 0 aliphatic carbocycles. The summed E-state index contributed by atoms with van der Waals surface area (Å²) >= 11 is 0. The largest absolute Gasteiger partial charge is 0.388 e. The standard InChI is InChI=1S/C10H18O6/c1-3-4-7(12)10(14)9(13)8(15-2)6(11)5-16-10/h3-4,6-9,11-14H,5H2,1-2H3/t6-,7?,8-,9-,10-/m1/s1. The molecule has 0 bridgehead atoms. The molecule has 0 spiro atoms. The highest BCUT2D eigenvalue weighted by molar-refractivity contribution is 5.03. The van der Waals surface area contributed by atoms with Gasteiger partial charge in [0.1, 0.15) is 24.4 Å². The van der Waals surface area contributed by atoms with Crippen molar-refractivity contribution in [2.75, 3.05) is 13.7 Å². The molecule has 1 heterocycles. The molecule has 6 nitrogen and oxygen atoms in total. The van der Waals surface area contributed by atoms with Crippen molar-refractivity contribution in [3.8, 4) is 0 Å². The van der Waals surface area contributed by atoms with Crippen LogP contribution in [0.5, 0.6) is 0 Å². The number of rotatable bonds is 3. The van der Waals surface area contributed by atoms with Gasteiger partial charge in [-0.05, 0) is 6.92 Å². The number of aliphatic hydroxyl groups is 4. The summed E-state index contributed by atoms with van der Waals surface area (Å²) in [7, 11) is 1.30. The molecule has 0 saturated carbocycles. The van der Waals surface area contributed by atoms with Crippen LogP contribution in [-0.2, 0) is 9.47 Å². The van der Waals surface area contributed by atoms with E-state index in [9.17, 15) is 20.4 Å². The molecule has 4 N–H and O–H groups in total. The summed E-state index contributed by atoms with van der Waals surface area (Å²) in [5.74, 6) is -2.16. The number of ether oxygens (including phenoxy) is 2.